The van der Waals surface area contributed by atoms with Gasteiger partial charge in [0.1, 0.15) is 10.8 Å². The van der Waals surface area contributed by atoms with Gasteiger partial charge in [0.2, 0.25) is 0 Å². The molecule has 1 heterocycles. The number of aryl methyl sites for hydroxylation is 1. The zero-order valence-corrected chi connectivity index (χ0v) is 12.7. The number of nitrogens with one attached hydrogen (secondary N) is 1. The van der Waals surface area contributed by atoms with Gasteiger partial charge in [0.25, 0.3) is 0 Å². The van der Waals surface area contributed by atoms with Gasteiger partial charge >= 0.3 is 0 Å². The lowest BCUT2D eigenvalue weighted by atomic mass is 10.1. The van der Waals surface area contributed by atoms with Crippen LogP contribution in [-0.4, -0.2) is 11.5 Å². The van der Waals surface area contributed by atoms with Crippen LogP contribution in [0.4, 0.5) is 4.39 Å². The van der Waals surface area contributed by atoms with Gasteiger partial charge in [-0.1, -0.05) is 6.92 Å². The third-order valence-corrected chi connectivity index (χ3v) is 4.64. The van der Waals surface area contributed by atoms with Crippen LogP contribution in [0, 0.1) is 12.7 Å². The van der Waals surface area contributed by atoms with E-state index in [0.29, 0.717) is 5.92 Å². The highest BCUT2D eigenvalue weighted by Crippen LogP contribution is 2.44. The summed E-state index contributed by atoms with van der Waals surface area (Å²) in [6.07, 6.45) is 2.48. The second kappa shape index (κ2) is 5.62. The second-order valence-electron chi connectivity index (χ2n) is 5.40. The summed E-state index contributed by atoms with van der Waals surface area (Å²) >= 11 is 1.70. The fraction of sp³-hybridized carbons (Fsp3) is 0.438. The summed E-state index contributed by atoms with van der Waals surface area (Å²) in [6, 6.07) is 5.15. The summed E-state index contributed by atoms with van der Waals surface area (Å²) in [5.41, 5.74) is 3.07. The lowest BCUT2D eigenvalue weighted by Crippen LogP contribution is -2.11. The van der Waals surface area contributed by atoms with Gasteiger partial charge < -0.3 is 5.32 Å². The predicted molar refractivity (Wildman–Crippen MR) is 81.6 cm³/mol. The number of benzene rings is 1. The minimum Gasteiger partial charge on any atom is -0.312 e. The lowest BCUT2D eigenvalue weighted by molar-refractivity contribution is 0.627. The second-order valence-corrected chi connectivity index (χ2v) is 6.48. The van der Waals surface area contributed by atoms with Gasteiger partial charge in [0.05, 0.1) is 5.69 Å². The van der Waals surface area contributed by atoms with Crippen LogP contribution < -0.4 is 5.32 Å². The Morgan fingerprint density at radius 1 is 1.35 bits per heavy atom. The molecule has 1 aromatic heterocycles. The van der Waals surface area contributed by atoms with E-state index in [-0.39, 0.29) is 5.82 Å². The van der Waals surface area contributed by atoms with Crippen LogP contribution >= 0.6 is 11.3 Å². The van der Waals surface area contributed by atoms with E-state index in [1.807, 2.05) is 13.0 Å². The molecule has 0 spiro atoms. The Hall–Kier alpha value is -1.26. The molecule has 1 aliphatic carbocycles. The summed E-state index contributed by atoms with van der Waals surface area (Å²) < 4.78 is 13.6. The van der Waals surface area contributed by atoms with Crippen LogP contribution in [0.1, 0.15) is 41.8 Å². The summed E-state index contributed by atoms with van der Waals surface area (Å²) in [6.45, 7) is 5.85. The first-order chi connectivity index (χ1) is 9.67. The molecule has 0 aliphatic heterocycles. The van der Waals surface area contributed by atoms with Crippen LogP contribution in [-0.2, 0) is 6.54 Å². The number of aromatic nitrogens is 1. The highest BCUT2D eigenvalue weighted by molar-refractivity contribution is 7.15. The van der Waals surface area contributed by atoms with Gasteiger partial charge in [0.15, 0.2) is 0 Å². The summed E-state index contributed by atoms with van der Waals surface area (Å²) in [7, 11) is 0. The largest absolute Gasteiger partial charge is 0.312 e. The number of halogens is 1. The molecule has 0 radical (unpaired) electrons. The van der Waals surface area contributed by atoms with Crippen molar-refractivity contribution in [3.63, 3.8) is 0 Å². The summed E-state index contributed by atoms with van der Waals surface area (Å²) in [5.74, 6) is 0.444. The Bertz CT molecular complexity index is 597. The average Bonchev–Trinajstić information content (AvgIpc) is 3.15. The molecule has 1 aliphatic rings. The molecule has 20 heavy (non-hydrogen) atoms. The first-order valence-corrected chi connectivity index (χ1v) is 7.97. The minimum atomic E-state index is -0.184. The number of thiazole rings is 1. The molecule has 1 saturated carbocycles. The first kappa shape index (κ1) is 13.7. The van der Waals surface area contributed by atoms with Crippen LogP contribution in [0.5, 0.6) is 0 Å². The Morgan fingerprint density at radius 2 is 2.15 bits per heavy atom. The molecule has 4 heteroatoms. The summed E-state index contributed by atoms with van der Waals surface area (Å²) in [4.78, 5) is 6.10. The molecule has 0 atom stereocenters. The monoisotopic (exact) mass is 290 g/mol. The Kier molecular flexibility index (Phi) is 3.85. The van der Waals surface area contributed by atoms with Crippen molar-refractivity contribution in [2.24, 2.45) is 0 Å². The number of hydrogen-bond donors (Lipinski definition) is 1. The SMILES string of the molecule is CCNCc1sc(-c2cc(C)cc(F)c2)nc1C1CC1. The van der Waals surface area contributed by atoms with Crippen molar-refractivity contribution in [1.82, 2.24) is 10.3 Å². The average molecular weight is 290 g/mol. The van der Waals surface area contributed by atoms with Crippen molar-refractivity contribution < 1.29 is 4.39 Å². The van der Waals surface area contributed by atoms with Crippen molar-refractivity contribution in [2.75, 3.05) is 6.54 Å². The van der Waals surface area contributed by atoms with E-state index >= 15 is 0 Å². The highest BCUT2D eigenvalue weighted by Gasteiger charge is 2.29. The fourth-order valence-electron chi connectivity index (χ4n) is 2.39. The molecule has 3 rings (SSSR count). The van der Waals surface area contributed by atoms with Gasteiger partial charge in [-0.3, -0.25) is 0 Å². The maximum absolute atomic E-state index is 13.6. The van der Waals surface area contributed by atoms with Crippen LogP contribution in [0.3, 0.4) is 0 Å². The standard InChI is InChI=1S/C16H19FN2S/c1-3-18-9-14-15(11-4-5-11)19-16(20-14)12-6-10(2)7-13(17)8-12/h6-8,11,18H,3-5,9H2,1-2H3. The minimum absolute atomic E-state index is 0.184. The van der Waals surface area contributed by atoms with Crippen molar-refractivity contribution in [2.45, 2.75) is 39.2 Å². The normalized spacial score (nSPS) is 14.8. The molecule has 0 amide bonds. The van der Waals surface area contributed by atoms with E-state index in [2.05, 4.69) is 12.2 Å². The van der Waals surface area contributed by atoms with E-state index in [0.717, 1.165) is 29.2 Å². The molecule has 2 aromatic rings. The van der Waals surface area contributed by atoms with Crippen molar-refractivity contribution >= 4 is 11.3 Å². The number of nitrogens with zero attached hydrogens (tertiary/aromatic N) is 1. The zero-order chi connectivity index (χ0) is 14.1. The topological polar surface area (TPSA) is 24.9 Å². The molecule has 0 unspecified atom stereocenters. The van der Waals surface area contributed by atoms with Crippen molar-refractivity contribution in [3.05, 3.63) is 40.2 Å². The zero-order valence-electron chi connectivity index (χ0n) is 11.9. The van der Waals surface area contributed by atoms with E-state index in [1.165, 1.54) is 23.4 Å². The van der Waals surface area contributed by atoms with Crippen molar-refractivity contribution in [1.29, 1.82) is 0 Å². The maximum atomic E-state index is 13.6. The Morgan fingerprint density at radius 3 is 2.80 bits per heavy atom. The van der Waals surface area contributed by atoms with Gasteiger partial charge in [0, 0.05) is 22.9 Å². The number of hydrogen-bond acceptors (Lipinski definition) is 3. The number of rotatable bonds is 5. The predicted octanol–water partition coefficient (Wildman–Crippen LogP) is 4.24. The molecule has 0 saturated heterocycles. The Labute approximate surface area is 123 Å². The first-order valence-electron chi connectivity index (χ1n) is 7.15. The van der Waals surface area contributed by atoms with E-state index in [4.69, 9.17) is 4.98 Å². The van der Waals surface area contributed by atoms with Gasteiger partial charge in [-0.05, 0) is 50.1 Å². The molecular formula is C16H19FN2S. The molecule has 2 nitrogen and oxygen atoms in total. The third-order valence-electron chi connectivity index (χ3n) is 3.52. The van der Waals surface area contributed by atoms with Gasteiger partial charge in [-0.2, -0.15) is 0 Å². The van der Waals surface area contributed by atoms with E-state index < -0.39 is 0 Å². The van der Waals surface area contributed by atoms with Crippen LogP contribution in [0.15, 0.2) is 18.2 Å². The molecule has 1 fully saturated rings. The molecule has 1 aromatic carbocycles. The lowest BCUT2D eigenvalue weighted by Gasteiger charge is -2.00. The van der Waals surface area contributed by atoms with Gasteiger partial charge in [-0.25, -0.2) is 9.37 Å². The molecular weight excluding hydrogens is 271 g/mol. The van der Waals surface area contributed by atoms with Crippen LogP contribution in [0.25, 0.3) is 10.6 Å². The van der Waals surface area contributed by atoms with Gasteiger partial charge in [-0.15, -0.1) is 11.3 Å². The van der Waals surface area contributed by atoms with E-state index in [9.17, 15) is 4.39 Å². The third kappa shape index (κ3) is 2.91. The molecule has 1 N–H and O–H groups in total. The van der Waals surface area contributed by atoms with E-state index in [1.54, 1.807) is 23.5 Å². The van der Waals surface area contributed by atoms with Crippen LogP contribution in [0.2, 0.25) is 0 Å². The van der Waals surface area contributed by atoms with Crippen molar-refractivity contribution in [3.8, 4) is 10.6 Å². The highest BCUT2D eigenvalue weighted by atomic mass is 32.1. The Balaban J connectivity index is 1.96. The fourth-order valence-corrected chi connectivity index (χ4v) is 3.49. The maximum Gasteiger partial charge on any atom is 0.124 e. The molecule has 0 bridgehead atoms. The molecule has 106 valence electrons. The quantitative estimate of drug-likeness (QED) is 0.890. The smallest absolute Gasteiger partial charge is 0.124 e. The summed E-state index contributed by atoms with van der Waals surface area (Å²) in [5, 5.41) is 4.32.